The molecule has 0 aliphatic heterocycles. The number of rotatable bonds is 5. The third kappa shape index (κ3) is 4.00. The molecule has 0 spiro atoms. The topological polar surface area (TPSA) is 61.4 Å². The summed E-state index contributed by atoms with van der Waals surface area (Å²) in [7, 11) is 0. The summed E-state index contributed by atoms with van der Waals surface area (Å²) in [5.41, 5.74) is -0.573. The monoisotopic (exact) mass is 254 g/mol. The lowest BCUT2D eigenvalue weighted by Gasteiger charge is -2.28. The van der Waals surface area contributed by atoms with Crippen LogP contribution in [0.4, 0.5) is 14.9 Å². The van der Waals surface area contributed by atoms with Crippen LogP contribution in [0, 0.1) is 5.82 Å². The molecular weight excluding hydrogens is 235 g/mol. The standard InChI is InChI=1S/C13H19FN2O2/c1-3-8-13(2,9-17)16-12(18)15-11-7-5-4-6-10(11)14/h4-7,17H,3,8-9H2,1-2H3,(H2,15,16,18). The molecule has 18 heavy (non-hydrogen) atoms. The lowest BCUT2D eigenvalue weighted by atomic mass is 9.98. The number of nitrogens with one attached hydrogen (secondary N) is 2. The molecule has 0 saturated heterocycles. The Balaban J connectivity index is 2.64. The van der Waals surface area contributed by atoms with Crippen molar-refractivity contribution in [2.24, 2.45) is 0 Å². The number of para-hydroxylation sites is 1. The van der Waals surface area contributed by atoms with Gasteiger partial charge in [0.15, 0.2) is 0 Å². The van der Waals surface area contributed by atoms with Crippen molar-refractivity contribution in [1.29, 1.82) is 0 Å². The molecule has 100 valence electrons. The minimum absolute atomic E-state index is 0.117. The van der Waals surface area contributed by atoms with Gasteiger partial charge in [0.2, 0.25) is 0 Å². The van der Waals surface area contributed by atoms with Crippen LogP contribution in [0.5, 0.6) is 0 Å². The first-order chi connectivity index (χ1) is 8.50. The number of aliphatic hydroxyl groups excluding tert-OH is 1. The molecule has 0 heterocycles. The summed E-state index contributed by atoms with van der Waals surface area (Å²) in [6.07, 6.45) is 1.48. The highest BCUT2D eigenvalue weighted by molar-refractivity contribution is 5.89. The van der Waals surface area contributed by atoms with E-state index in [0.717, 1.165) is 6.42 Å². The fourth-order valence-corrected chi connectivity index (χ4v) is 1.72. The Hall–Kier alpha value is -1.62. The van der Waals surface area contributed by atoms with Gasteiger partial charge in [-0.15, -0.1) is 0 Å². The van der Waals surface area contributed by atoms with Crippen molar-refractivity contribution in [2.75, 3.05) is 11.9 Å². The highest BCUT2D eigenvalue weighted by Gasteiger charge is 2.24. The van der Waals surface area contributed by atoms with Crippen molar-refractivity contribution in [3.05, 3.63) is 30.1 Å². The van der Waals surface area contributed by atoms with Crippen LogP contribution in [0.1, 0.15) is 26.7 Å². The summed E-state index contributed by atoms with van der Waals surface area (Å²) < 4.78 is 13.3. The minimum atomic E-state index is -0.690. The number of amides is 2. The predicted octanol–water partition coefficient (Wildman–Crippen LogP) is 2.50. The molecule has 0 bridgehead atoms. The maximum Gasteiger partial charge on any atom is 0.319 e. The SMILES string of the molecule is CCCC(C)(CO)NC(=O)Nc1ccccc1F. The lowest BCUT2D eigenvalue weighted by molar-refractivity contribution is 0.167. The Bertz CT molecular complexity index is 412. The lowest BCUT2D eigenvalue weighted by Crippen LogP contribution is -2.50. The van der Waals surface area contributed by atoms with Crippen molar-refractivity contribution >= 4 is 11.7 Å². The largest absolute Gasteiger partial charge is 0.394 e. The van der Waals surface area contributed by atoms with E-state index in [4.69, 9.17) is 0 Å². The van der Waals surface area contributed by atoms with Gasteiger partial charge < -0.3 is 15.7 Å². The summed E-state index contributed by atoms with van der Waals surface area (Å²) in [6.45, 7) is 3.55. The van der Waals surface area contributed by atoms with Gasteiger partial charge in [-0.2, -0.15) is 0 Å². The van der Waals surface area contributed by atoms with E-state index in [0.29, 0.717) is 6.42 Å². The van der Waals surface area contributed by atoms with Gasteiger partial charge in [0.05, 0.1) is 17.8 Å². The Morgan fingerprint density at radius 2 is 2.11 bits per heavy atom. The van der Waals surface area contributed by atoms with Crippen LogP contribution in [0.2, 0.25) is 0 Å². The summed E-state index contributed by atoms with van der Waals surface area (Å²) >= 11 is 0. The van der Waals surface area contributed by atoms with E-state index in [1.807, 2.05) is 6.92 Å². The van der Waals surface area contributed by atoms with E-state index in [-0.39, 0.29) is 12.3 Å². The van der Waals surface area contributed by atoms with E-state index < -0.39 is 17.4 Å². The number of anilines is 1. The first kappa shape index (κ1) is 14.4. The average Bonchev–Trinajstić information content (AvgIpc) is 2.32. The molecular formula is C13H19FN2O2. The van der Waals surface area contributed by atoms with E-state index >= 15 is 0 Å². The highest BCUT2D eigenvalue weighted by atomic mass is 19.1. The van der Waals surface area contributed by atoms with E-state index in [1.54, 1.807) is 19.1 Å². The molecule has 1 rings (SSSR count). The fourth-order valence-electron chi connectivity index (χ4n) is 1.72. The van der Waals surface area contributed by atoms with Gasteiger partial charge in [-0.05, 0) is 25.5 Å². The summed E-state index contributed by atoms with van der Waals surface area (Å²) in [4.78, 5) is 11.7. The van der Waals surface area contributed by atoms with Crippen molar-refractivity contribution in [2.45, 2.75) is 32.2 Å². The van der Waals surface area contributed by atoms with Crippen LogP contribution in [0.25, 0.3) is 0 Å². The van der Waals surface area contributed by atoms with Gasteiger partial charge in [-0.3, -0.25) is 0 Å². The van der Waals surface area contributed by atoms with Crippen LogP contribution in [-0.2, 0) is 0 Å². The zero-order valence-electron chi connectivity index (χ0n) is 10.7. The van der Waals surface area contributed by atoms with Gasteiger partial charge in [-0.1, -0.05) is 25.5 Å². The number of hydrogen-bond donors (Lipinski definition) is 3. The first-order valence-corrected chi connectivity index (χ1v) is 5.95. The Kier molecular flexibility index (Phi) is 5.09. The van der Waals surface area contributed by atoms with E-state index in [9.17, 15) is 14.3 Å². The van der Waals surface area contributed by atoms with Gasteiger partial charge in [0.1, 0.15) is 5.82 Å². The molecule has 3 N–H and O–H groups in total. The minimum Gasteiger partial charge on any atom is -0.394 e. The van der Waals surface area contributed by atoms with Crippen LogP contribution >= 0.6 is 0 Å². The number of carbonyl (C=O) groups is 1. The quantitative estimate of drug-likeness (QED) is 0.756. The molecule has 1 aromatic rings. The van der Waals surface area contributed by atoms with E-state index in [1.165, 1.54) is 12.1 Å². The number of urea groups is 1. The molecule has 0 aromatic heterocycles. The Morgan fingerprint density at radius 1 is 1.44 bits per heavy atom. The van der Waals surface area contributed by atoms with Crippen LogP contribution in [0.3, 0.4) is 0 Å². The van der Waals surface area contributed by atoms with Crippen molar-refractivity contribution in [1.82, 2.24) is 5.32 Å². The first-order valence-electron chi connectivity index (χ1n) is 5.95. The highest BCUT2D eigenvalue weighted by Crippen LogP contribution is 2.14. The molecule has 4 nitrogen and oxygen atoms in total. The number of benzene rings is 1. The molecule has 0 aliphatic rings. The number of carbonyl (C=O) groups excluding carboxylic acids is 1. The van der Waals surface area contributed by atoms with Crippen molar-refractivity contribution in [3.8, 4) is 0 Å². The van der Waals surface area contributed by atoms with Gasteiger partial charge >= 0.3 is 6.03 Å². The summed E-state index contributed by atoms with van der Waals surface area (Å²) in [5.74, 6) is -0.492. The molecule has 0 fully saturated rings. The second kappa shape index (κ2) is 6.35. The summed E-state index contributed by atoms with van der Waals surface area (Å²) in [6, 6.07) is 5.41. The van der Waals surface area contributed by atoms with Gasteiger partial charge in [-0.25, -0.2) is 9.18 Å². The maximum absolute atomic E-state index is 13.3. The zero-order chi connectivity index (χ0) is 13.6. The molecule has 5 heteroatoms. The molecule has 0 aliphatic carbocycles. The Morgan fingerprint density at radius 3 is 2.67 bits per heavy atom. The number of hydrogen-bond acceptors (Lipinski definition) is 2. The van der Waals surface area contributed by atoms with Crippen molar-refractivity contribution in [3.63, 3.8) is 0 Å². The molecule has 0 saturated carbocycles. The third-order valence-electron chi connectivity index (χ3n) is 2.69. The van der Waals surface area contributed by atoms with Crippen LogP contribution in [-0.4, -0.2) is 23.3 Å². The molecule has 0 radical (unpaired) electrons. The fraction of sp³-hybridized carbons (Fsp3) is 0.462. The van der Waals surface area contributed by atoms with Gasteiger partial charge in [0, 0.05) is 0 Å². The predicted molar refractivity (Wildman–Crippen MR) is 69.0 cm³/mol. The van der Waals surface area contributed by atoms with Crippen LogP contribution < -0.4 is 10.6 Å². The smallest absolute Gasteiger partial charge is 0.319 e. The molecule has 1 aromatic carbocycles. The summed E-state index contributed by atoms with van der Waals surface area (Å²) in [5, 5.41) is 14.3. The number of aliphatic hydroxyl groups is 1. The van der Waals surface area contributed by atoms with Crippen molar-refractivity contribution < 1.29 is 14.3 Å². The second-order valence-corrected chi connectivity index (χ2v) is 4.53. The molecule has 2 amide bonds. The molecule has 1 atom stereocenters. The van der Waals surface area contributed by atoms with Crippen LogP contribution in [0.15, 0.2) is 24.3 Å². The molecule has 1 unspecified atom stereocenters. The van der Waals surface area contributed by atoms with E-state index in [2.05, 4.69) is 10.6 Å². The normalized spacial score (nSPS) is 13.8. The Labute approximate surface area is 106 Å². The second-order valence-electron chi connectivity index (χ2n) is 4.53. The average molecular weight is 254 g/mol. The zero-order valence-corrected chi connectivity index (χ0v) is 10.7. The third-order valence-corrected chi connectivity index (χ3v) is 2.69. The van der Waals surface area contributed by atoms with Gasteiger partial charge in [0.25, 0.3) is 0 Å². The number of halogens is 1. The maximum atomic E-state index is 13.3.